The Bertz CT molecular complexity index is 1120. The van der Waals surface area contributed by atoms with Crippen molar-refractivity contribution in [2.45, 2.75) is 70.2 Å². The Labute approximate surface area is 218 Å². The number of fused-ring (bicyclic) bond motifs is 1. The molecule has 1 N–H and O–H groups in total. The van der Waals surface area contributed by atoms with E-state index in [1.54, 1.807) is 30.3 Å². The van der Waals surface area contributed by atoms with Crippen molar-refractivity contribution in [3.8, 4) is 10.4 Å². The molecular weight excluding hydrogens is 492 g/mol. The van der Waals surface area contributed by atoms with E-state index in [-0.39, 0.29) is 18.1 Å². The van der Waals surface area contributed by atoms with E-state index >= 15 is 0 Å². The van der Waals surface area contributed by atoms with Crippen molar-refractivity contribution in [1.29, 1.82) is 0 Å². The maximum absolute atomic E-state index is 13.6. The number of carbonyl (C=O) groups is 1. The van der Waals surface area contributed by atoms with Crippen LogP contribution in [0.5, 0.6) is 0 Å². The highest BCUT2D eigenvalue weighted by Gasteiger charge is 2.25. The standard InChI is InChI=1S/C26H38N4O4SSi/c1-32-9-10-34-21-7-5-20(6-8-21)29-26(31)22-13-19(24-15-27-17-35-24)14-23-25(22)30(16-28-23)18-33-11-12-36(2,3)4/h13-17,20-21H,5-12,18H2,1-4H3,(H,29,31). The number of thiazole rings is 1. The molecule has 8 nitrogen and oxygen atoms in total. The molecular formula is C26H38N4O4SSi. The Morgan fingerprint density at radius 3 is 2.67 bits per heavy atom. The molecule has 1 aliphatic carbocycles. The summed E-state index contributed by atoms with van der Waals surface area (Å²) in [7, 11) is 0.509. The first kappa shape index (κ1) is 26.9. The maximum Gasteiger partial charge on any atom is 0.253 e. The van der Waals surface area contributed by atoms with Crippen LogP contribution in [0.15, 0.2) is 30.2 Å². The molecule has 0 aliphatic heterocycles. The molecule has 196 valence electrons. The largest absolute Gasteiger partial charge is 0.382 e. The van der Waals surface area contributed by atoms with Crippen LogP contribution in [0.25, 0.3) is 21.5 Å². The van der Waals surface area contributed by atoms with E-state index in [1.165, 1.54) is 0 Å². The number of ether oxygens (including phenoxy) is 3. The minimum atomic E-state index is -1.17. The number of hydrogen-bond donors (Lipinski definition) is 1. The number of benzene rings is 1. The van der Waals surface area contributed by atoms with Gasteiger partial charge in [-0.15, -0.1) is 11.3 Å². The van der Waals surface area contributed by atoms with E-state index in [0.717, 1.165) is 53.2 Å². The Morgan fingerprint density at radius 2 is 1.97 bits per heavy atom. The van der Waals surface area contributed by atoms with Gasteiger partial charge in [0.25, 0.3) is 5.91 Å². The van der Waals surface area contributed by atoms with Gasteiger partial charge in [-0.05, 0) is 49.4 Å². The summed E-state index contributed by atoms with van der Waals surface area (Å²) in [5.74, 6) is -0.0704. The molecule has 0 bridgehead atoms. The minimum absolute atomic E-state index is 0.0704. The van der Waals surface area contributed by atoms with Gasteiger partial charge in [-0.1, -0.05) is 19.6 Å². The number of rotatable bonds is 12. The lowest BCUT2D eigenvalue weighted by atomic mass is 9.92. The second kappa shape index (κ2) is 12.4. The molecule has 3 aromatic rings. The first-order valence-corrected chi connectivity index (χ1v) is 17.3. The van der Waals surface area contributed by atoms with Crippen molar-refractivity contribution in [2.75, 3.05) is 26.9 Å². The highest BCUT2D eigenvalue weighted by atomic mass is 32.1. The van der Waals surface area contributed by atoms with Crippen LogP contribution in [0, 0.1) is 0 Å². The predicted octanol–water partition coefficient (Wildman–Crippen LogP) is 5.18. The van der Waals surface area contributed by atoms with Crippen LogP contribution >= 0.6 is 11.3 Å². The van der Waals surface area contributed by atoms with Crippen LogP contribution in [0.2, 0.25) is 25.7 Å². The van der Waals surface area contributed by atoms with Gasteiger partial charge in [0.15, 0.2) is 0 Å². The first-order valence-electron chi connectivity index (χ1n) is 12.7. The summed E-state index contributed by atoms with van der Waals surface area (Å²) >= 11 is 1.55. The van der Waals surface area contributed by atoms with Gasteiger partial charge in [0.2, 0.25) is 0 Å². The molecule has 2 heterocycles. The highest BCUT2D eigenvalue weighted by Crippen LogP contribution is 2.30. The van der Waals surface area contributed by atoms with E-state index in [0.29, 0.717) is 32.1 Å². The number of imidazole rings is 1. The molecule has 0 radical (unpaired) electrons. The van der Waals surface area contributed by atoms with E-state index in [2.05, 4.69) is 34.9 Å². The van der Waals surface area contributed by atoms with Crippen molar-refractivity contribution in [2.24, 2.45) is 0 Å². The van der Waals surface area contributed by atoms with Gasteiger partial charge < -0.3 is 24.1 Å². The average molecular weight is 531 g/mol. The van der Waals surface area contributed by atoms with Crippen molar-refractivity contribution < 1.29 is 19.0 Å². The number of hydrogen-bond acceptors (Lipinski definition) is 7. The molecule has 1 saturated carbocycles. The Morgan fingerprint density at radius 1 is 1.17 bits per heavy atom. The van der Waals surface area contributed by atoms with Crippen LogP contribution < -0.4 is 5.32 Å². The lowest BCUT2D eigenvalue weighted by Gasteiger charge is -2.29. The SMILES string of the molecule is COCCOC1CCC(NC(=O)c2cc(-c3cncs3)cc3ncn(COCC[Si](C)(C)C)c23)CC1. The van der Waals surface area contributed by atoms with Crippen molar-refractivity contribution in [3.05, 3.63) is 35.7 Å². The van der Waals surface area contributed by atoms with Gasteiger partial charge in [0, 0.05) is 34.0 Å². The molecule has 0 unspecified atom stereocenters. The van der Waals surface area contributed by atoms with E-state index < -0.39 is 8.07 Å². The van der Waals surface area contributed by atoms with Gasteiger partial charge in [0.1, 0.15) is 6.73 Å². The fourth-order valence-corrected chi connectivity index (χ4v) is 5.82. The second-order valence-corrected chi connectivity index (χ2v) is 17.1. The van der Waals surface area contributed by atoms with E-state index in [9.17, 15) is 4.79 Å². The van der Waals surface area contributed by atoms with Crippen LogP contribution in [-0.2, 0) is 20.9 Å². The van der Waals surface area contributed by atoms with Crippen molar-refractivity contribution in [3.63, 3.8) is 0 Å². The van der Waals surface area contributed by atoms with Gasteiger partial charge in [-0.3, -0.25) is 9.78 Å². The fraction of sp³-hybridized carbons (Fsp3) is 0.577. The van der Waals surface area contributed by atoms with Crippen molar-refractivity contribution in [1.82, 2.24) is 19.9 Å². The number of nitrogens with one attached hydrogen (secondary N) is 1. The summed E-state index contributed by atoms with van der Waals surface area (Å²) in [5.41, 5.74) is 4.98. The molecule has 4 rings (SSSR count). The topological polar surface area (TPSA) is 87.5 Å². The second-order valence-electron chi connectivity index (χ2n) is 10.6. The number of nitrogens with zero attached hydrogens (tertiary/aromatic N) is 3. The van der Waals surface area contributed by atoms with Crippen LogP contribution in [-0.4, -0.2) is 67.6 Å². The smallest absolute Gasteiger partial charge is 0.253 e. The van der Waals surface area contributed by atoms with E-state index in [1.807, 2.05) is 22.9 Å². The minimum Gasteiger partial charge on any atom is -0.382 e. The summed E-state index contributed by atoms with van der Waals surface area (Å²) < 4.78 is 18.9. The zero-order valence-corrected chi connectivity index (χ0v) is 23.6. The van der Waals surface area contributed by atoms with Gasteiger partial charge in [-0.25, -0.2) is 4.98 Å². The van der Waals surface area contributed by atoms with Gasteiger partial charge >= 0.3 is 0 Å². The van der Waals surface area contributed by atoms with Gasteiger partial charge in [0.05, 0.1) is 52.6 Å². The van der Waals surface area contributed by atoms with Gasteiger partial charge in [-0.2, -0.15) is 0 Å². The number of amides is 1. The normalized spacial score (nSPS) is 18.6. The molecule has 36 heavy (non-hydrogen) atoms. The third-order valence-corrected chi connectivity index (χ3v) is 9.08. The quantitative estimate of drug-likeness (QED) is 0.257. The zero-order valence-electron chi connectivity index (χ0n) is 21.8. The molecule has 2 aromatic heterocycles. The molecule has 0 spiro atoms. The average Bonchev–Trinajstić information content (AvgIpc) is 3.52. The molecule has 1 aliphatic rings. The molecule has 1 amide bonds. The lowest BCUT2D eigenvalue weighted by molar-refractivity contribution is -0.00408. The van der Waals surface area contributed by atoms with Crippen LogP contribution in [0.3, 0.4) is 0 Å². The Hall–Kier alpha value is -2.11. The Kier molecular flexibility index (Phi) is 9.29. The molecule has 1 fully saturated rings. The summed E-state index contributed by atoms with van der Waals surface area (Å²) in [6.45, 7) is 9.34. The predicted molar refractivity (Wildman–Crippen MR) is 146 cm³/mol. The Balaban J connectivity index is 1.50. The first-order chi connectivity index (χ1) is 17.3. The van der Waals surface area contributed by atoms with Crippen LogP contribution in [0.1, 0.15) is 36.0 Å². The zero-order chi connectivity index (χ0) is 25.5. The maximum atomic E-state index is 13.6. The summed E-state index contributed by atoms with van der Waals surface area (Å²) in [6.07, 6.45) is 7.52. The molecule has 0 saturated heterocycles. The monoisotopic (exact) mass is 530 g/mol. The summed E-state index contributed by atoms with van der Waals surface area (Å²) in [5, 5.41) is 3.28. The molecule has 1 aromatic carbocycles. The lowest BCUT2D eigenvalue weighted by Crippen LogP contribution is -2.39. The molecule has 0 atom stereocenters. The third-order valence-electron chi connectivity index (χ3n) is 6.55. The number of methoxy groups -OCH3 is 1. The summed E-state index contributed by atoms with van der Waals surface area (Å²) in [6, 6.07) is 5.22. The number of carbonyl (C=O) groups excluding carboxylic acids is 1. The third kappa shape index (κ3) is 7.23. The van der Waals surface area contributed by atoms with Crippen molar-refractivity contribution >= 4 is 36.4 Å². The number of aromatic nitrogens is 3. The van der Waals surface area contributed by atoms with Crippen LogP contribution in [0.4, 0.5) is 0 Å². The molecule has 10 heteroatoms. The fourth-order valence-electron chi connectivity index (χ4n) is 4.46. The summed E-state index contributed by atoms with van der Waals surface area (Å²) in [4.78, 5) is 23.5. The van der Waals surface area contributed by atoms with E-state index in [4.69, 9.17) is 14.2 Å². The highest BCUT2D eigenvalue weighted by molar-refractivity contribution is 7.13.